The Morgan fingerprint density at radius 3 is 2.23 bits per heavy atom. The van der Waals surface area contributed by atoms with Gasteiger partial charge in [0.2, 0.25) is 0 Å². The van der Waals surface area contributed by atoms with Crippen LogP contribution in [0.3, 0.4) is 0 Å². The average Bonchev–Trinajstić information content (AvgIpc) is 1.97. The summed E-state index contributed by atoms with van der Waals surface area (Å²) in [6.45, 7) is 2.09. The number of unbranched alkanes of at least 4 members (excludes halogenated alkanes) is 3. The Bertz CT molecular complexity index is 119. The van der Waals surface area contributed by atoms with Gasteiger partial charge in [-0.1, -0.05) is 32.6 Å². The van der Waals surface area contributed by atoms with Crippen LogP contribution in [-0.4, -0.2) is 27.8 Å². The molecule has 0 aromatic heterocycles. The molecule has 0 aromatic rings. The van der Waals surface area contributed by atoms with Crippen molar-refractivity contribution < 1.29 is 20.5 Å². The lowest BCUT2D eigenvalue weighted by atomic mass is 10.1. The molecule has 0 saturated carbocycles. The van der Waals surface area contributed by atoms with Crippen molar-refractivity contribution in [1.29, 1.82) is 0 Å². The standard InChI is InChI=1S/C8H16O3.H3N.H2O/c1-2-3-4-5-6-7(9)8(10)11;;/h7,9H,2-6H2,1H3,(H,10,11);1H3;1H2. The van der Waals surface area contributed by atoms with Gasteiger partial charge < -0.3 is 21.8 Å². The summed E-state index contributed by atoms with van der Waals surface area (Å²) in [6.07, 6.45) is 3.29. The van der Waals surface area contributed by atoms with Gasteiger partial charge in [0, 0.05) is 0 Å². The topological polar surface area (TPSA) is 124 Å². The van der Waals surface area contributed by atoms with E-state index < -0.39 is 12.1 Å². The zero-order valence-corrected chi connectivity index (χ0v) is 8.36. The van der Waals surface area contributed by atoms with E-state index in [2.05, 4.69) is 6.92 Å². The Balaban J connectivity index is -0.000000500. The molecule has 0 bridgehead atoms. The molecule has 0 saturated heterocycles. The van der Waals surface area contributed by atoms with Gasteiger partial charge in [0.15, 0.2) is 6.10 Å². The highest BCUT2D eigenvalue weighted by Crippen LogP contribution is 2.05. The molecule has 0 spiro atoms. The number of carboxylic acid groups (broad SMARTS) is 1. The van der Waals surface area contributed by atoms with E-state index in [4.69, 9.17) is 10.2 Å². The molecule has 0 heterocycles. The highest BCUT2D eigenvalue weighted by atomic mass is 16.4. The van der Waals surface area contributed by atoms with Crippen molar-refractivity contribution >= 4 is 5.97 Å². The molecule has 0 fully saturated rings. The first-order valence-corrected chi connectivity index (χ1v) is 4.09. The molecular formula is C8H21NO4. The second-order valence-corrected chi connectivity index (χ2v) is 2.70. The summed E-state index contributed by atoms with van der Waals surface area (Å²) >= 11 is 0. The van der Waals surface area contributed by atoms with Gasteiger partial charge in [0.05, 0.1) is 0 Å². The molecule has 0 rings (SSSR count). The van der Waals surface area contributed by atoms with Crippen LogP contribution >= 0.6 is 0 Å². The quantitative estimate of drug-likeness (QED) is 0.556. The summed E-state index contributed by atoms with van der Waals surface area (Å²) in [4.78, 5) is 10.1. The Kier molecular flexibility index (Phi) is 15.9. The zero-order chi connectivity index (χ0) is 8.69. The molecule has 0 aliphatic carbocycles. The fourth-order valence-corrected chi connectivity index (χ4v) is 0.888. The maximum atomic E-state index is 10.1. The Morgan fingerprint density at radius 2 is 1.85 bits per heavy atom. The van der Waals surface area contributed by atoms with Gasteiger partial charge in [-0.3, -0.25) is 0 Å². The van der Waals surface area contributed by atoms with Crippen LogP contribution in [0, 0.1) is 0 Å². The van der Waals surface area contributed by atoms with Gasteiger partial charge in [-0.05, 0) is 6.42 Å². The molecule has 0 aliphatic rings. The van der Waals surface area contributed by atoms with E-state index in [0.717, 1.165) is 25.7 Å². The van der Waals surface area contributed by atoms with Crippen LogP contribution in [-0.2, 0) is 4.79 Å². The van der Waals surface area contributed by atoms with Crippen LogP contribution in [0.25, 0.3) is 0 Å². The molecule has 5 nitrogen and oxygen atoms in total. The minimum atomic E-state index is -1.16. The van der Waals surface area contributed by atoms with Gasteiger partial charge >= 0.3 is 5.97 Å². The van der Waals surface area contributed by atoms with Crippen LogP contribution in [0.1, 0.15) is 39.0 Å². The van der Waals surface area contributed by atoms with Crippen molar-refractivity contribution in [2.45, 2.75) is 45.1 Å². The Hall–Kier alpha value is -0.650. The van der Waals surface area contributed by atoms with E-state index in [1.54, 1.807) is 0 Å². The lowest BCUT2D eigenvalue weighted by Gasteiger charge is -2.03. The van der Waals surface area contributed by atoms with Crippen molar-refractivity contribution in [2.24, 2.45) is 0 Å². The largest absolute Gasteiger partial charge is 0.870 e. The molecule has 13 heavy (non-hydrogen) atoms. The molecule has 5 heteroatoms. The zero-order valence-electron chi connectivity index (χ0n) is 8.36. The number of quaternary nitrogens is 1. The highest BCUT2D eigenvalue weighted by molar-refractivity contribution is 5.71. The molecule has 82 valence electrons. The first-order chi connectivity index (χ1) is 5.18. The van der Waals surface area contributed by atoms with Gasteiger partial charge in [-0.15, -0.1) is 0 Å². The second kappa shape index (κ2) is 11.4. The van der Waals surface area contributed by atoms with Crippen LogP contribution in [0.2, 0.25) is 0 Å². The highest BCUT2D eigenvalue weighted by Gasteiger charge is 2.11. The number of hydrogen-bond donors (Lipinski definition) is 3. The minimum Gasteiger partial charge on any atom is -0.870 e. The molecule has 7 N–H and O–H groups in total. The van der Waals surface area contributed by atoms with E-state index in [1.165, 1.54) is 0 Å². The Morgan fingerprint density at radius 1 is 1.31 bits per heavy atom. The van der Waals surface area contributed by atoms with E-state index in [0.29, 0.717) is 6.42 Å². The fraction of sp³-hybridized carbons (Fsp3) is 0.875. The number of carbonyl (C=O) groups is 1. The predicted octanol–water partition coefficient (Wildman–Crippen LogP) is 1.60. The van der Waals surface area contributed by atoms with Crippen molar-refractivity contribution in [3.05, 3.63) is 0 Å². The van der Waals surface area contributed by atoms with Gasteiger partial charge in [0.25, 0.3) is 0 Å². The third kappa shape index (κ3) is 11.3. The molecule has 0 aliphatic heterocycles. The number of hydrogen-bond acceptors (Lipinski definition) is 3. The van der Waals surface area contributed by atoms with Crippen LogP contribution in [0.15, 0.2) is 0 Å². The lowest BCUT2D eigenvalue weighted by molar-refractivity contribution is -0.146. The van der Waals surface area contributed by atoms with Crippen molar-refractivity contribution in [3.63, 3.8) is 0 Å². The molecular weight excluding hydrogens is 174 g/mol. The van der Waals surface area contributed by atoms with Crippen molar-refractivity contribution in [3.8, 4) is 0 Å². The van der Waals surface area contributed by atoms with E-state index in [-0.39, 0.29) is 11.6 Å². The summed E-state index contributed by atoms with van der Waals surface area (Å²) in [7, 11) is 0. The van der Waals surface area contributed by atoms with Crippen LogP contribution in [0.5, 0.6) is 0 Å². The van der Waals surface area contributed by atoms with E-state index >= 15 is 0 Å². The van der Waals surface area contributed by atoms with Crippen LogP contribution in [0.4, 0.5) is 0 Å². The predicted molar refractivity (Wildman–Crippen MR) is 50.3 cm³/mol. The summed E-state index contributed by atoms with van der Waals surface area (Å²) in [6, 6.07) is 0. The van der Waals surface area contributed by atoms with Gasteiger partial charge in [-0.2, -0.15) is 0 Å². The third-order valence-corrected chi connectivity index (χ3v) is 1.62. The molecule has 0 radical (unpaired) electrons. The summed E-state index contributed by atoms with van der Waals surface area (Å²) in [5.74, 6) is -1.11. The normalized spacial score (nSPS) is 10.9. The SMILES string of the molecule is CCCCCCC(O)C(=O)O.[NH4+].[OH-]. The number of aliphatic hydroxyl groups excluding tert-OH is 1. The maximum absolute atomic E-state index is 10.1. The summed E-state index contributed by atoms with van der Waals surface area (Å²) in [5.41, 5.74) is 0. The maximum Gasteiger partial charge on any atom is 0.332 e. The summed E-state index contributed by atoms with van der Waals surface area (Å²) in [5, 5.41) is 17.1. The molecule has 0 aromatic carbocycles. The smallest absolute Gasteiger partial charge is 0.332 e. The van der Waals surface area contributed by atoms with Gasteiger partial charge in [0.1, 0.15) is 0 Å². The number of rotatable bonds is 6. The number of aliphatic hydroxyl groups is 1. The average molecular weight is 195 g/mol. The monoisotopic (exact) mass is 195 g/mol. The summed E-state index contributed by atoms with van der Waals surface area (Å²) < 4.78 is 0. The third-order valence-electron chi connectivity index (χ3n) is 1.62. The molecule has 1 unspecified atom stereocenters. The fourth-order valence-electron chi connectivity index (χ4n) is 0.888. The van der Waals surface area contributed by atoms with Crippen molar-refractivity contribution in [2.75, 3.05) is 0 Å². The molecule has 0 amide bonds. The minimum absolute atomic E-state index is 0. The Labute approximate surface area is 78.7 Å². The van der Waals surface area contributed by atoms with Gasteiger partial charge in [-0.25, -0.2) is 4.79 Å². The number of aliphatic carboxylic acids is 1. The first-order valence-electron chi connectivity index (χ1n) is 4.09. The van der Waals surface area contributed by atoms with Crippen LogP contribution < -0.4 is 6.15 Å². The van der Waals surface area contributed by atoms with Crippen molar-refractivity contribution in [1.82, 2.24) is 6.15 Å². The molecule has 1 atom stereocenters. The number of carboxylic acids is 1. The van der Waals surface area contributed by atoms with E-state index in [9.17, 15) is 4.79 Å². The lowest BCUT2D eigenvalue weighted by Crippen LogP contribution is -2.18. The first kappa shape index (κ1) is 18.2. The van der Waals surface area contributed by atoms with E-state index in [1.807, 2.05) is 0 Å². The second-order valence-electron chi connectivity index (χ2n) is 2.70.